The van der Waals surface area contributed by atoms with Crippen LogP contribution >= 0.6 is 11.8 Å². The first-order chi connectivity index (χ1) is 7.76. The molecule has 0 saturated heterocycles. The topological polar surface area (TPSA) is 56.5 Å². The molecule has 0 fully saturated rings. The van der Waals surface area contributed by atoms with Crippen LogP contribution in [0.15, 0.2) is 18.3 Å². The van der Waals surface area contributed by atoms with Gasteiger partial charge in [0.05, 0.1) is 18.4 Å². The van der Waals surface area contributed by atoms with Crippen molar-refractivity contribution in [2.24, 2.45) is 0 Å². The third-order valence-electron chi connectivity index (χ3n) is 2.17. The van der Waals surface area contributed by atoms with E-state index in [0.717, 1.165) is 17.2 Å². The molecule has 0 amide bonds. The highest BCUT2D eigenvalue weighted by Gasteiger charge is 2.09. The van der Waals surface area contributed by atoms with E-state index in [1.807, 2.05) is 10.7 Å². The zero-order valence-electron chi connectivity index (χ0n) is 9.01. The Hall–Kier alpha value is -1.56. The van der Waals surface area contributed by atoms with Crippen LogP contribution in [0.25, 0.3) is 5.65 Å². The van der Waals surface area contributed by atoms with Gasteiger partial charge in [-0.15, -0.1) is 10.2 Å². The molecule has 0 bridgehead atoms. The van der Waals surface area contributed by atoms with Crippen molar-refractivity contribution >= 4 is 23.4 Å². The summed E-state index contributed by atoms with van der Waals surface area (Å²) in [4.78, 5) is 11.4. The van der Waals surface area contributed by atoms with E-state index in [4.69, 9.17) is 0 Å². The molecule has 16 heavy (non-hydrogen) atoms. The smallest absolute Gasteiger partial charge is 0.339 e. The fourth-order valence-electron chi connectivity index (χ4n) is 1.40. The second-order valence-electron chi connectivity index (χ2n) is 3.19. The monoisotopic (exact) mass is 237 g/mol. The van der Waals surface area contributed by atoms with E-state index in [2.05, 4.69) is 14.9 Å². The summed E-state index contributed by atoms with van der Waals surface area (Å²) in [6.07, 6.45) is 3.69. The van der Waals surface area contributed by atoms with E-state index in [-0.39, 0.29) is 5.97 Å². The first kappa shape index (κ1) is 10.9. The summed E-state index contributed by atoms with van der Waals surface area (Å²) < 4.78 is 6.47. The molecule has 84 valence electrons. The van der Waals surface area contributed by atoms with Gasteiger partial charge in [0.1, 0.15) is 5.82 Å². The van der Waals surface area contributed by atoms with Gasteiger partial charge in [0.25, 0.3) is 0 Å². The van der Waals surface area contributed by atoms with Gasteiger partial charge < -0.3 is 4.74 Å². The van der Waals surface area contributed by atoms with E-state index in [1.54, 1.807) is 30.1 Å². The highest BCUT2D eigenvalue weighted by atomic mass is 32.2. The lowest BCUT2D eigenvalue weighted by Gasteiger charge is -2.01. The number of rotatable bonds is 3. The number of thioether (sulfide) groups is 1. The average molecular weight is 237 g/mol. The van der Waals surface area contributed by atoms with Gasteiger partial charge in [-0.05, 0) is 18.4 Å². The second-order valence-corrected chi connectivity index (χ2v) is 4.05. The third-order valence-corrected chi connectivity index (χ3v) is 2.71. The van der Waals surface area contributed by atoms with Gasteiger partial charge in [-0.3, -0.25) is 4.40 Å². The standard InChI is InChI=1S/C10H11N3O2S/c1-15-10(14)7-3-4-8-11-12-9(6-16-2)13(8)5-7/h3-5H,6H2,1-2H3. The lowest BCUT2D eigenvalue weighted by atomic mass is 10.3. The number of carbonyl (C=O) groups is 1. The van der Waals surface area contributed by atoms with Crippen LogP contribution in [0.3, 0.4) is 0 Å². The van der Waals surface area contributed by atoms with Crippen molar-refractivity contribution in [3.05, 3.63) is 29.7 Å². The van der Waals surface area contributed by atoms with E-state index >= 15 is 0 Å². The van der Waals surface area contributed by atoms with Gasteiger partial charge in [0.15, 0.2) is 5.65 Å². The molecule has 0 unspecified atom stereocenters. The Morgan fingerprint density at radius 3 is 3.00 bits per heavy atom. The van der Waals surface area contributed by atoms with Gasteiger partial charge in [-0.1, -0.05) is 0 Å². The van der Waals surface area contributed by atoms with Gasteiger partial charge >= 0.3 is 5.97 Å². The van der Waals surface area contributed by atoms with Crippen molar-refractivity contribution in [2.75, 3.05) is 13.4 Å². The number of fused-ring (bicyclic) bond motifs is 1. The number of pyridine rings is 1. The molecule has 2 aromatic rings. The Labute approximate surface area is 96.8 Å². The van der Waals surface area contributed by atoms with E-state index in [1.165, 1.54) is 7.11 Å². The minimum absolute atomic E-state index is 0.356. The molecule has 0 aliphatic rings. The molecule has 0 aromatic carbocycles. The molecule has 2 aromatic heterocycles. The van der Waals surface area contributed by atoms with Gasteiger partial charge in [-0.2, -0.15) is 11.8 Å². The fourth-order valence-corrected chi connectivity index (χ4v) is 1.86. The van der Waals surface area contributed by atoms with Crippen LogP contribution < -0.4 is 0 Å². The minimum atomic E-state index is -0.356. The Balaban J connectivity index is 2.49. The summed E-state index contributed by atoms with van der Waals surface area (Å²) in [6.45, 7) is 0. The first-order valence-corrected chi connectivity index (χ1v) is 6.06. The largest absolute Gasteiger partial charge is 0.465 e. The average Bonchev–Trinajstić information content (AvgIpc) is 2.71. The third kappa shape index (κ3) is 1.88. The van der Waals surface area contributed by atoms with E-state index in [9.17, 15) is 4.79 Å². The van der Waals surface area contributed by atoms with Crippen molar-refractivity contribution in [1.29, 1.82) is 0 Å². The predicted molar refractivity (Wildman–Crippen MR) is 61.5 cm³/mol. The maximum Gasteiger partial charge on any atom is 0.339 e. The van der Waals surface area contributed by atoms with Crippen molar-refractivity contribution < 1.29 is 9.53 Å². The summed E-state index contributed by atoms with van der Waals surface area (Å²) in [6, 6.07) is 3.43. The minimum Gasteiger partial charge on any atom is -0.465 e. The van der Waals surface area contributed by atoms with Gasteiger partial charge in [0.2, 0.25) is 0 Å². The van der Waals surface area contributed by atoms with Crippen molar-refractivity contribution in [1.82, 2.24) is 14.6 Å². The molecule has 5 nitrogen and oxygen atoms in total. The lowest BCUT2D eigenvalue weighted by molar-refractivity contribution is 0.0600. The number of hydrogen-bond acceptors (Lipinski definition) is 5. The molecule has 0 aliphatic carbocycles. The summed E-state index contributed by atoms with van der Waals surface area (Å²) >= 11 is 1.65. The molecule has 0 aliphatic heterocycles. The highest BCUT2D eigenvalue weighted by Crippen LogP contribution is 2.11. The molecule has 6 heteroatoms. The highest BCUT2D eigenvalue weighted by molar-refractivity contribution is 7.97. The summed E-state index contributed by atoms with van der Waals surface area (Å²) in [7, 11) is 1.36. The van der Waals surface area contributed by atoms with Crippen LogP contribution in [0.5, 0.6) is 0 Å². The van der Waals surface area contributed by atoms with Crippen molar-refractivity contribution in [2.45, 2.75) is 5.75 Å². The quantitative estimate of drug-likeness (QED) is 0.755. The number of aromatic nitrogens is 3. The molecule has 0 N–H and O–H groups in total. The van der Waals surface area contributed by atoms with E-state index in [0.29, 0.717) is 5.56 Å². The maximum absolute atomic E-state index is 11.4. The SMILES string of the molecule is COC(=O)c1ccc2nnc(CSC)n2c1. The van der Waals surface area contributed by atoms with Crippen LogP contribution in [0.1, 0.15) is 16.2 Å². The molecule has 0 radical (unpaired) electrons. The molecular formula is C10H11N3O2S. The predicted octanol–water partition coefficient (Wildman–Crippen LogP) is 1.38. The van der Waals surface area contributed by atoms with E-state index < -0.39 is 0 Å². The molecule has 0 atom stereocenters. The lowest BCUT2D eigenvalue weighted by Crippen LogP contribution is -2.03. The van der Waals surface area contributed by atoms with Crippen LogP contribution in [-0.2, 0) is 10.5 Å². The first-order valence-electron chi connectivity index (χ1n) is 4.67. The Kier molecular flexibility index (Phi) is 3.09. The fraction of sp³-hybridized carbons (Fsp3) is 0.300. The Morgan fingerprint density at radius 2 is 2.31 bits per heavy atom. The zero-order chi connectivity index (χ0) is 11.5. The number of hydrogen-bond donors (Lipinski definition) is 0. The summed E-state index contributed by atoms with van der Waals surface area (Å²) in [5, 5.41) is 8.06. The Morgan fingerprint density at radius 1 is 1.50 bits per heavy atom. The van der Waals surface area contributed by atoms with Crippen LogP contribution in [-0.4, -0.2) is 33.9 Å². The number of nitrogens with zero attached hydrogens (tertiary/aromatic N) is 3. The number of ether oxygens (including phenoxy) is 1. The molecule has 2 rings (SSSR count). The number of methoxy groups -OCH3 is 1. The van der Waals surface area contributed by atoms with Crippen LogP contribution in [0, 0.1) is 0 Å². The number of carbonyl (C=O) groups excluding carboxylic acids is 1. The second kappa shape index (κ2) is 4.52. The van der Waals surface area contributed by atoms with Gasteiger partial charge in [0, 0.05) is 6.20 Å². The molecule has 2 heterocycles. The molecule has 0 saturated carbocycles. The maximum atomic E-state index is 11.4. The normalized spacial score (nSPS) is 10.6. The Bertz CT molecular complexity index is 524. The molecule has 0 spiro atoms. The molecular weight excluding hydrogens is 226 g/mol. The van der Waals surface area contributed by atoms with Gasteiger partial charge in [-0.25, -0.2) is 4.79 Å². The number of esters is 1. The summed E-state index contributed by atoms with van der Waals surface area (Å²) in [5.74, 6) is 1.23. The summed E-state index contributed by atoms with van der Waals surface area (Å²) in [5.41, 5.74) is 1.23. The van der Waals surface area contributed by atoms with Crippen molar-refractivity contribution in [3.8, 4) is 0 Å². The van der Waals surface area contributed by atoms with Crippen molar-refractivity contribution in [3.63, 3.8) is 0 Å². The van der Waals surface area contributed by atoms with Crippen LogP contribution in [0.2, 0.25) is 0 Å². The van der Waals surface area contributed by atoms with Crippen LogP contribution in [0.4, 0.5) is 0 Å². The zero-order valence-corrected chi connectivity index (χ0v) is 9.82.